The van der Waals surface area contributed by atoms with Gasteiger partial charge in [0, 0.05) is 38.4 Å². The number of hydrogen-bond acceptors (Lipinski definition) is 6. The quantitative estimate of drug-likeness (QED) is 0.177. The fourth-order valence-electron chi connectivity index (χ4n) is 4.98. The highest BCUT2D eigenvalue weighted by molar-refractivity contribution is 7.19. The Kier molecular flexibility index (Phi) is 8.47. The van der Waals surface area contributed by atoms with Crippen LogP contribution in [0.15, 0.2) is 84.9 Å². The van der Waals surface area contributed by atoms with Gasteiger partial charge in [-0.15, -0.1) is 22.7 Å². The fraction of sp³-hybridized carbons (Fsp3) is 0.294. The van der Waals surface area contributed by atoms with Gasteiger partial charge in [0.2, 0.25) is 0 Å². The number of ether oxygens (including phenoxy) is 2. The molecular formula is C34H35NO4S2. The van der Waals surface area contributed by atoms with Gasteiger partial charge in [-0.3, -0.25) is 0 Å². The summed E-state index contributed by atoms with van der Waals surface area (Å²) in [7, 11) is 0. The molecule has 2 aromatic heterocycles. The minimum atomic E-state index is -1.34. The molecule has 5 rings (SSSR count). The first kappa shape index (κ1) is 28.8. The Balaban J connectivity index is 1.45. The molecule has 5 nitrogen and oxygen atoms in total. The summed E-state index contributed by atoms with van der Waals surface area (Å²) in [5.74, 6) is -0.474. The van der Waals surface area contributed by atoms with E-state index >= 15 is 0 Å². The predicted octanol–water partition coefficient (Wildman–Crippen LogP) is 8.32. The summed E-state index contributed by atoms with van der Waals surface area (Å²) in [6, 6.07) is 29.1. The molecule has 1 atom stereocenters. The van der Waals surface area contributed by atoms with Crippen LogP contribution in [0.2, 0.25) is 0 Å². The highest BCUT2D eigenvalue weighted by Crippen LogP contribution is 2.32. The summed E-state index contributed by atoms with van der Waals surface area (Å²) in [6.45, 7) is 7.40. The average Bonchev–Trinajstić information content (AvgIpc) is 3.51. The zero-order valence-electron chi connectivity index (χ0n) is 23.9. The molecule has 1 N–H and O–H groups in total. The van der Waals surface area contributed by atoms with Crippen molar-refractivity contribution in [2.24, 2.45) is 0 Å². The van der Waals surface area contributed by atoms with Gasteiger partial charge in [-0.25, -0.2) is 9.59 Å². The standard InChI is InChI=1S/C34H35NO4S2/c1-5-38-31(36)34(35-32(37)39-33(2,3)4,22-28-20-26-11-7-9-13-30(26)41-28)21-24-16-14-23(15-17-24)18-27-19-25-10-6-8-12-29(25)40-27/h6-17,19-20H,5,18,21-22H2,1-4H3,(H,35,37). The van der Waals surface area contributed by atoms with Gasteiger partial charge in [-0.1, -0.05) is 60.7 Å². The maximum atomic E-state index is 13.7. The lowest BCUT2D eigenvalue weighted by atomic mass is 9.86. The summed E-state index contributed by atoms with van der Waals surface area (Å²) in [6.07, 6.45) is 0.741. The van der Waals surface area contributed by atoms with E-state index in [-0.39, 0.29) is 19.4 Å². The van der Waals surface area contributed by atoms with E-state index in [1.165, 1.54) is 20.5 Å². The van der Waals surface area contributed by atoms with Crippen LogP contribution in [0.1, 0.15) is 48.6 Å². The number of carbonyl (C=O) groups is 2. The zero-order chi connectivity index (χ0) is 29.0. The SMILES string of the molecule is CCOC(=O)C(Cc1ccc(Cc2cc3ccccc3s2)cc1)(Cc1cc2ccccc2s1)NC(=O)OC(C)(C)C. The van der Waals surface area contributed by atoms with E-state index in [2.05, 4.69) is 66.0 Å². The number of benzene rings is 3. The van der Waals surface area contributed by atoms with Crippen molar-refractivity contribution >= 4 is 54.9 Å². The molecule has 212 valence electrons. The first-order chi connectivity index (χ1) is 19.6. The third-order valence-electron chi connectivity index (χ3n) is 6.74. The summed E-state index contributed by atoms with van der Waals surface area (Å²) in [5.41, 5.74) is 0.0599. The normalized spacial score (nSPS) is 13.2. The van der Waals surface area contributed by atoms with Gasteiger partial charge in [-0.05, 0) is 73.9 Å². The molecule has 0 aliphatic heterocycles. The third-order valence-corrected chi connectivity index (χ3v) is 8.97. The smallest absolute Gasteiger partial charge is 0.408 e. The lowest BCUT2D eigenvalue weighted by Gasteiger charge is -2.33. The summed E-state index contributed by atoms with van der Waals surface area (Å²) < 4.78 is 13.6. The Morgan fingerprint density at radius 1 is 0.756 bits per heavy atom. The van der Waals surface area contributed by atoms with E-state index in [9.17, 15) is 9.59 Å². The van der Waals surface area contributed by atoms with Gasteiger partial charge >= 0.3 is 12.1 Å². The number of amides is 1. The van der Waals surface area contributed by atoms with Crippen LogP contribution in [0.3, 0.4) is 0 Å². The van der Waals surface area contributed by atoms with Crippen molar-refractivity contribution in [3.05, 3.63) is 106 Å². The first-order valence-electron chi connectivity index (χ1n) is 13.8. The molecule has 5 aromatic rings. The number of rotatable bonds is 9. The molecule has 7 heteroatoms. The maximum absolute atomic E-state index is 13.7. The minimum absolute atomic E-state index is 0.205. The van der Waals surface area contributed by atoms with Gasteiger partial charge in [0.1, 0.15) is 11.1 Å². The summed E-state index contributed by atoms with van der Waals surface area (Å²) in [5, 5.41) is 5.32. The summed E-state index contributed by atoms with van der Waals surface area (Å²) in [4.78, 5) is 29.1. The molecule has 0 radical (unpaired) electrons. The lowest BCUT2D eigenvalue weighted by Crippen LogP contribution is -2.59. The van der Waals surface area contributed by atoms with E-state index in [4.69, 9.17) is 9.47 Å². The van der Waals surface area contributed by atoms with Crippen molar-refractivity contribution in [1.82, 2.24) is 5.32 Å². The minimum Gasteiger partial charge on any atom is -0.464 e. The Bertz CT molecular complexity index is 1600. The van der Waals surface area contributed by atoms with Crippen molar-refractivity contribution in [2.75, 3.05) is 6.61 Å². The van der Waals surface area contributed by atoms with Crippen molar-refractivity contribution < 1.29 is 19.1 Å². The third kappa shape index (κ3) is 7.16. The zero-order valence-corrected chi connectivity index (χ0v) is 25.5. The number of hydrogen-bond donors (Lipinski definition) is 1. The number of carbonyl (C=O) groups excluding carboxylic acids is 2. The highest BCUT2D eigenvalue weighted by atomic mass is 32.1. The van der Waals surface area contributed by atoms with Crippen LogP contribution in [-0.2, 0) is 33.5 Å². The topological polar surface area (TPSA) is 64.6 Å². The Hall–Kier alpha value is -3.68. The number of alkyl carbamates (subject to hydrolysis) is 1. The number of esters is 1. The van der Waals surface area contributed by atoms with Crippen molar-refractivity contribution in [2.45, 2.75) is 58.1 Å². The van der Waals surface area contributed by atoms with Crippen LogP contribution in [0.5, 0.6) is 0 Å². The van der Waals surface area contributed by atoms with Gasteiger partial charge in [0.15, 0.2) is 0 Å². The second-order valence-corrected chi connectivity index (χ2v) is 13.6. The van der Waals surface area contributed by atoms with E-state index in [1.54, 1.807) is 39.0 Å². The van der Waals surface area contributed by atoms with E-state index in [0.717, 1.165) is 26.9 Å². The summed E-state index contributed by atoms with van der Waals surface area (Å²) >= 11 is 3.43. The molecule has 0 saturated heterocycles. The van der Waals surface area contributed by atoms with Crippen LogP contribution in [-0.4, -0.2) is 29.8 Å². The monoisotopic (exact) mass is 585 g/mol. The lowest BCUT2D eigenvalue weighted by molar-refractivity contribution is -0.151. The number of nitrogens with one attached hydrogen (secondary N) is 1. The van der Waals surface area contributed by atoms with E-state index in [1.807, 2.05) is 35.6 Å². The Morgan fingerprint density at radius 3 is 1.90 bits per heavy atom. The molecule has 0 bridgehead atoms. The van der Waals surface area contributed by atoms with E-state index in [0.29, 0.717) is 0 Å². The van der Waals surface area contributed by atoms with Crippen LogP contribution in [0.25, 0.3) is 20.2 Å². The number of thiophene rings is 2. The molecule has 0 spiro atoms. The number of fused-ring (bicyclic) bond motifs is 2. The van der Waals surface area contributed by atoms with Gasteiger partial charge < -0.3 is 14.8 Å². The van der Waals surface area contributed by atoms with Gasteiger partial charge in [0.05, 0.1) is 6.61 Å². The molecule has 0 fully saturated rings. The Labute approximate surface area is 249 Å². The molecule has 2 heterocycles. The maximum Gasteiger partial charge on any atom is 0.408 e. The van der Waals surface area contributed by atoms with Gasteiger partial charge in [-0.2, -0.15) is 0 Å². The van der Waals surface area contributed by atoms with Crippen molar-refractivity contribution in [3.63, 3.8) is 0 Å². The second kappa shape index (κ2) is 12.0. The molecule has 1 amide bonds. The largest absolute Gasteiger partial charge is 0.464 e. The molecule has 1 unspecified atom stereocenters. The molecule has 0 aliphatic carbocycles. The predicted molar refractivity (Wildman–Crippen MR) is 169 cm³/mol. The average molecular weight is 586 g/mol. The molecule has 0 saturated carbocycles. The molecule has 0 aliphatic rings. The van der Waals surface area contributed by atoms with Gasteiger partial charge in [0.25, 0.3) is 0 Å². The fourth-order valence-corrected chi connectivity index (χ4v) is 7.26. The highest BCUT2D eigenvalue weighted by Gasteiger charge is 2.43. The first-order valence-corrected chi connectivity index (χ1v) is 15.5. The molecule has 3 aromatic carbocycles. The van der Waals surface area contributed by atoms with Crippen molar-refractivity contribution in [3.8, 4) is 0 Å². The van der Waals surface area contributed by atoms with Crippen LogP contribution in [0.4, 0.5) is 4.79 Å². The Morgan fingerprint density at radius 2 is 1.32 bits per heavy atom. The van der Waals surface area contributed by atoms with Crippen LogP contribution in [0, 0.1) is 0 Å². The van der Waals surface area contributed by atoms with E-state index < -0.39 is 23.2 Å². The molecule has 41 heavy (non-hydrogen) atoms. The van der Waals surface area contributed by atoms with Crippen LogP contribution >= 0.6 is 22.7 Å². The molecular weight excluding hydrogens is 551 g/mol. The van der Waals surface area contributed by atoms with Crippen LogP contribution < -0.4 is 5.32 Å². The van der Waals surface area contributed by atoms with Crippen molar-refractivity contribution in [1.29, 1.82) is 0 Å². The second-order valence-electron chi connectivity index (χ2n) is 11.3.